The van der Waals surface area contributed by atoms with Crippen LogP contribution in [0.4, 0.5) is 21.9 Å². The molecule has 0 saturated carbocycles. The third-order valence-corrected chi connectivity index (χ3v) is 3.77. The van der Waals surface area contributed by atoms with Crippen LogP contribution >= 0.6 is 0 Å². The van der Waals surface area contributed by atoms with Crippen molar-refractivity contribution in [1.29, 1.82) is 0 Å². The molecule has 0 atom stereocenters. The van der Waals surface area contributed by atoms with Crippen molar-refractivity contribution in [3.63, 3.8) is 0 Å². The molecule has 2 rings (SSSR count). The molecule has 0 radical (unpaired) electrons. The number of rotatable bonds is 7. The van der Waals surface area contributed by atoms with Crippen LogP contribution in [0.2, 0.25) is 0 Å². The first-order valence-electron chi connectivity index (χ1n) is 8.68. The maximum absolute atomic E-state index is 12.1. The molecule has 142 valence electrons. The van der Waals surface area contributed by atoms with Gasteiger partial charge in [0.2, 0.25) is 5.91 Å². The fraction of sp³-hybridized carbons (Fsp3) is 0.300. The van der Waals surface area contributed by atoms with Gasteiger partial charge in [-0.25, -0.2) is 4.79 Å². The van der Waals surface area contributed by atoms with Crippen molar-refractivity contribution >= 4 is 29.1 Å². The number of nitrogens with one attached hydrogen (secondary N) is 2. The summed E-state index contributed by atoms with van der Waals surface area (Å²) in [6.07, 6.45) is 0.270. The van der Waals surface area contributed by atoms with Gasteiger partial charge in [-0.05, 0) is 50.1 Å². The summed E-state index contributed by atoms with van der Waals surface area (Å²) in [6, 6.07) is 13.3. The molecule has 0 aliphatic carbocycles. The first-order chi connectivity index (χ1) is 13.0. The highest BCUT2D eigenvalue weighted by Gasteiger charge is 2.08. The van der Waals surface area contributed by atoms with Crippen molar-refractivity contribution in [2.45, 2.75) is 26.7 Å². The number of azo groups is 1. The smallest absolute Gasteiger partial charge is 0.406 e. The zero-order chi connectivity index (χ0) is 19.6. The number of methoxy groups -OCH3 is 1. The fourth-order valence-corrected chi connectivity index (χ4v) is 2.28. The third-order valence-electron chi connectivity index (χ3n) is 3.77. The molecule has 7 nitrogen and oxygen atoms in total. The standard InChI is InChI=1S/C20H24N4O3/c1-14-6-9-16(10-7-14)23-24-18-13-15(2)8-11-17(18)22-19(25)5-4-12-21-20(26)27-3/h6-11,13H,4-5,12H2,1-3H3,(H,21,26)(H,22,25). The van der Waals surface area contributed by atoms with Gasteiger partial charge in [0.1, 0.15) is 5.69 Å². The molecule has 0 aromatic heterocycles. The van der Waals surface area contributed by atoms with Gasteiger partial charge in [0, 0.05) is 13.0 Å². The molecule has 0 saturated heterocycles. The molecule has 0 bridgehead atoms. The van der Waals surface area contributed by atoms with Gasteiger partial charge in [-0.2, -0.15) is 5.11 Å². The highest BCUT2D eigenvalue weighted by atomic mass is 16.5. The second-order valence-electron chi connectivity index (χ2n) is 6.13. The Morgan fingerprint density at radius 1 is 1.00 bits per heavy atom. The van der Waals surface area contributed by atoms with E-state index in [9.17, 15) is 9.59 Å². The molecule has 0 spiro atoms. The van der Waals surface area contributed by atoms with Crippen LogP contribution in [-0.2, 0) is 9.53 Å². The highest BCUT2D eigenvalue weighted by Crippen LogP contribution is 2.28. The second kappa shape index (κ2) is 10.1. The summed E-state index contributed by atoms with van der Waals surface area (Å²) in [5.41, 5.74) is 4.11. The number of anilines is 1. The van der Waals surface area contributed by atoms with Gasteiger partial charge >= 0.3 is 6.09 Å². The van der Waals surface area contributed by atoms with Crippen molar-refractivity contribution in [2.24, 2.45) is 10.2 Å². The van der Waals surface area contributed by atoms with Gasteiger partial charge in [-0.15, -0.1) is 5.11 Å². The van der Waals surface area contributed by atoms with Crippen LogP contribution in [0.15, 0.2) is 52.7 Å². The molecule has 0 unspecified atom stereocenters. The maximum Gasteiger partial charge on any atom is 0.406 e. The van der Waals surface area contributed by atoms with Crippen LogP contribution < -0.4 is 10.6 Å². The van der Waals surface area contributed by atoms with Gasteiger partial charge in [0.15, 0.2) is 0 Å². The number of carbonyl (C=O) groups is 2. The normalized spacial score (nSPS) is 10.6. The van der Waals surface area contributed by atoms with Gasteiger partial charge in [0.05, 0.1) is 18.5 Å². The summed E-state index contributed by atoms with van der Waals surface area (Å²) in [4.78, 5) is 23.1. The van der Waals surface area contributed by atoms with Gasteiger partial charge in [-0.3, -0.25) is 4.79 Å². The molecule has 27 heavy (non-hydrogen) atoms. The van der Waals surface area contributed by atoms with E-state index in [-0.39, 0.29) is 12.3 Å². The molecule has 2 aromatic rings. The summed E-state index contributed by atoms with van der Waals surface area (Å²) in [6.45, 7) is 4.33. The topological polar surface area (TPSA) is 92.1 Å². The largest absolute Gasteiger partial charge is 0.453 e. The van der Waals surface area contributed by atoms with Crippen LogP contribution in [0, 0.1) is 13.8 Å². The molecule has 0 fully saturated rings. The van der Waals surface area contributed by atoms with Gasteiger partial charge in [-0.1, -0.05) is 23.8 Å². The van der Waals surface area contributed by atoms with E-state index in [1.807, 2.05) is 56.3 Å². The predicted octanol–water partition coefficient (Wildman–Crippen LogP) is 4.79. The summed E-state index contributed by atoms with van der Waals surface area (Å²) >= 11 is 0. The first kappa shape index (κ1) is 20.1. The quantitative estimate of drug-likeness (QED) is 0.543. The summed E-state index contributed by atoms with van der Waals surface area (Å²) < 4.78 is 4.48. The maximum atomic E-state index is 12.1. The molecular weight excluding hydrogens is 344 g/mol. The fourth-order valence-electron chi connectivity index (χ4n) is 2.28. The van der Waals surface area contributed by atoms with Crippen LogP contribution in [-0.4, -0.2) is 25.7 Å². The molecule has 0 aliphatic heterocycles. The Morgan fingerprint density at radius 3 is 2.41 bits per heavy atom. The van der Waals surface area contributed by atoms with E-state index in [4.69, 9.17) is 0 Å². The number of hydrogen-bond acceptors (Lipinski definition) is 5. The Balaban J connectivity index is 1.99. The molecule has 7 heteroatoms. The molecular formula is C20H24N4O3. The highest BCUT2D eigenvalue weighted by molar-refractivity contribution is 5.93. The molecule has 2 N–H and O–H groups in total. The van der Waals surface area contributed by atoms with E-state index in [2.05, 4.69) is 25.6 Å². The van der Waals surface area contributed by atoms with Crippen molar-refractivity contribution in [1.82, 2.24) is 5.32 Å². The predicted molar refractivity (Wildman–Crippen MR) is 105 cm³/mol. The Bertz CT molecular complexity index is 816. The summed E-state index contributed by atoms with van der Waals surface area (Å²) in [5.74, 6) is -0.155. The number of alkyl carbamates (subject to hydrolysis) is 1. The number of hydrogen-bond donors (Lipinski definition) is 2. The van der Waals surface area contributed by atoms with E-state index >= 15 is 0 Å². The Morgan fingerprint density at radius 2 is 1.70 bits per heavy atom. The number of aryl methyl sites for hydroxylation is 2. The Hall–Kier alpha value is -3.22. The van der Waals surface area contributed by atoms with E-state index < -0.39 is 6.09 Å². The number of carbonyl (C=O) groups excluding carboxylic acids is 2. The minimum atomic E-state index is -0.507. The lowest BCUT2D eigenvalue weighted by atomic mass is 10.2. The number of benzene rings is 2. The third kappa shape index (κ3) is 6.89. The van der Waals surface area contributed by atoms with Crippen LogP contribution in [0.25, 0.3) is 0 Å². The van der Waals surface area contributed by atoms with Crippen molar-refractivity contribution in [2.75, 3.05) is 19.0 Å². The van der Waals surface area contributed by atoms with Crippen LogP contribution in [0.5, 0.6) is 0 Å². The Labute approximate surface area is 158 Å². The lowest BCUT2D eigenvalue weighted by Crippen LogP contribution is -2.25. The summed E-state index contributed by atoms with van der Waals surface area (Å²) in [5, 5.41) is 13.9. The molecule has 2 aromatic carbocycles. The van der Waals surface area contributed by atoms with E-state index in [0.717, 1.165) is 16.8 Å². The zero-order valence-corrected chi connectivity index (χ0v) is 15.8. The zero-order valence-electron chi connectivity index (χ0n) is 15.8. The lowest BCUT2D eigenvalue weighted by molar-refractivity contribution is -0.116. The average Bonchev–Trinajstić information content (AvgIpc) is 2.66. The molecule has 2 amide bonds. The lowest BCUT2D eigenvalue weighted by Gasteiger charge is -2.09. The average molecular weight is 368 g/mol. The van der Waals surface area contributed by atoms with Crippen LogP contribution in [0.1, 0.15) is 24.0 Å². The van der Waals surface area contributed by atoms with Crippen molar-refractivity contribution < 1.29 is 14.3 Å². The number of nitrogens with zero attached hydrogens (tertiary/aromatic N) is 2. The number of ether oxygens (including phenoxy) is 1. The molecule has 0 heterocycles. The monoisotopic (exact) mass is 368 g/mol. The summed E-state index contributed by atoms with van der Waals surface area (Å²) in [7, 11) is 1.30. The van der Waals surface area contributed by atoms with E-state index in [1.54, 1.807) is 0 Å². The number of amides is 2. The van der Waals surface area contributed by atoms with Gasteiger partial charge in [0.25, 0.3) is 0 Å². The van der Waals surface area contributed by atoms with E-state index in [0.29, 0.717) is 24.3 Å². The Kier molecular flexibility index (Phi) is 7.49. The SMILES string of the molecule is COC(=O)NCCCC(=O)Nc1ccc(C)cc1N=Nc1ccc(C)cc1. The van der Waals surface area contributed by atoms with Crippen LogP contribution in [0.3, 0.4) is 0 Å². The van der Waals surface area contributed by atoms with Crippen molar-refractivity contribution in [3.8, 4) is 0 Å². The second-order valence-corrected chi connectivity index (χ2v) is 6.13. The molecule has 0 aliphatic rings. The van der Waals surface area contributed by atoms with E-state index in [1.165, 1.54) is 7.11 Å². The minimum absolute atomic E-state index is 0.155. The van der Waals surface area contributed by atoms with Crippen molar-refractivity contribution in [3.05, 3.63) is 53.6 Å². The first-order valence-corrected chi connectivity index (χ1v) is 8.68. The van der Waals surface area contributed by atoms with Gasteiger partial charge < -0.3 is 15.4 Å². The minimum Gasteiger partial charge on any atom is -0.453 e.